The fraction of sp³-hybridized carbons (Fsp3) is 0.372. The van der Waals surface area contributed by atoms with Gasteiger partial charge in [0.15, 0.2) is 5.15 Å². The molecule has 6 aromatic rings. The molecule has 0 saturated carbocycles. The molecule has 76 heavy (non-hydrogen) atoms. The average molecular weight is 1110 g/mol. The van der Waals surface area contributed by atoms with E-state index >= 15 is 0 Å². The third-order valence-corrected chi connectivity index (χ3v) is 14.8. The van der Waals surface area contributed by atoms with E-state index in [0.29, 0.717) is 33.1 Å². The van der Waals surface area contributed by atoms with Crippen molar-refractivity contribution in [1.29, 1.82) is 0 Å². The Kier molecular flexibility index (Phi) is 21.4. The van der Waals surface area contributed by atoms with Crippen molar-refractivity contribution >= 4 is 134 Å². The lowest BCUT2D eigenvalue weighted by molar-refractivity contribution is 0.0559. The highest BCUT2D eigenvalue weighted by Gasteiger charge is 2.44. The summed E-state index contributed by atoms with van der Waals surface area (Å²) in [5.41, 5.74) is 13.4. The van der Waals surface area contributed by atoms with E-state index in [2.05, 4.69) is 55.2 Å². The van der Waals surface area contributed by atoms with Gasteiger partial charge in [0, 0.05) is 106 Å². The van der Waals surface area contributed by atoms with Crippen molar-refractivity contribution < 1.29 is 35.1 Å². The number of sulfonamides is 2. The zero-order valence-electron chi connectivity index (χ0n) is 42.2. The van der Waals surface area contributed by atoms with Crippen LogP contribution in [0.25, 0.3) is 22.1 Å². The highest BCUT2D eigenvalue weighted by molar-refractivity contribution is 7.90. The molecule has 394 valence electrons. The maximum atomic E-state index is 14.7. The van der Waals surface area contributed by atoms with E-state index in [4.69, 9.17) is 58.8 Å². The Bertz CT molecular complexity index is 3370. The van der Waals surface area contributed by atoms with Gasteiger partial charge in [0.1, 0.15) is 45.2 Å². The molecule has 8 rings (SSSR count). The van der Waals surface area contributed by atoms with Crippen LogP contribution < -0.4 is 16.8 Å². The second-order valence-corrected chi connectivity index (χ2v) is 22.6. The first-order valence-corrected chi connectivity index (χ1v) is 25.6. The molecule has 0 bridgehead atoms. The first kappa shape index (κ1) is 64.1. The summed E-state index contributed by atoms with van der Waals surface area (Å²) in [5.74, 6) is -2.76. The first-order valence-electron chi connectivity index (χ1n) is 22.0. The topological polar surface area (TPSA) is 293 Å². The Balaban J connectivity index is 0.000000299. The molecule has 0 aliphatic carbocycles. The van der Waals surface area contributed by atoms with Crippen LogP contribution >= 0.6 is 24.0 Å². The number of alkyl carbamates (subject to hydrolysis) is 1. The van der Waals surface area contributed by atoms with E-state index in [0.717, 1.165) is 37.9 Å². The van der Waals surface area contributed by atoms with Gasteiger partial charge < -0.3 is 16.2 Å². The number of halogens is 4. The number of hydrogen-bond acceptors (Lipinski definition) is 18. The molecule has 2 atom stereocenters. The lowest BCUT2D eigenvalue weighted by Crippen LogP contribution is -2.54. The Morgan fingerprint density at radius 3 is 1.80 bits per heavy atom. The minimum absolute atomic E-state index is 0. The standard InChI is InChI=1S/C19H20FN7O2S.C15H22FN5O4S.C8H6ClN3.CH4.B6.ClH/c1-11-8-24-17-15(25-11)4-5-22-16(17)7-12-6-13(14(20)9-23-12)19(2)10-30(28,29)27(3)18(21)26-19;1-14(2,3)25-13(22)19-12-20-15(4,8-26(23,24)21(12)5)9-6-11(17)18-7-10(9)16;1-5-4-11-7-6(12-5)2-3-10-8(7)9;;1-5(2)6(3)4;/h4-6,8-9H,7,10H2,1-3H3,(H2,21,26);6-7H,8H2,1-5H3,(H2,17,18)(H,19,20,22);2-4H,1H3;1H4;;1H/t19-;15-;;;;/m00..../s1. The van der Waals surface area contributed by atoms with Crippen molar-refractivity contribution in [2.75, 3.05) is 31.3 Å². The molecule has 1 amide bonds. The predicted octanol–water partition coefficient (Wildman–Crippen LogP) is 3.20. The summed E-state index contributed by atoms with van der Waals surface area (Å²) in [5, 5.41) is 2.71. The summed E-state index contributed by atoms with van der Waals surface area (Å²) >= 11 is 5.80. The Morgan fingerprint density at radius 1 is 0.776 bits per heavy atom. The van der Waals surface area contributed by atoms with Gasteiger partial charge in [-0.25, -0.2) is 73.9 Å². The van der Waals surface area contributed by atoms with E-state index in [1.165, 1.54) is 40.1 Å². The average Bonchev–Trinajstić information content (AvgIpc) is 3.28. The SMILES string of the molecule is C.CN1C(NC(=O)OC(C)(C)C)=N[C@](C)(c2cc(N)ncc2F)CS1(=O)=O.Cc1cnc2c(Cc3cc([C@]4(C)CS(=O)(=O)N(C)C(N)=N4)c(F)cn3)nccc2n1.Cc1cnc2c(Cl)nccc2n1.Cl.[B]B([B])B([B])[B]. The highest BCUT2D eigenvalue weighted by Crippen LogP contribution is 2.35. The van der Waals surface area contributed by atoms with E-state index in [9.17, 15) is 30.4 Å². The van der Waals surface area contributed by atoms with Crippen LogP contribution in [0.15, 0.2) is 71.4 Å². The van der Waals surface area contributed by atoms with Crippen molar-refractivity contribution in [2.24, 2.45) is 15.7 Å². The van der Waals surface area contributed by atoms with E-state index in [-0.39, 0.29) is 55.1 Å². The number of pyridine rings is 4. The number of aromatic nitrogens is 8. The number of aliphatic imine (C=N–C) groups is 2. The van der Waals surface area contributed by atoms with E-state index < -0.39 is 78.7 Å². The van der Waals surface area contributed by atoms with E-state index in [1.807, 2.05) is 13.8 Å². The summed E-state index contributed by atoms with van der Waals surface area (Å²) in [6, 6.07) is 6.30. The van der Waals surface area contributed by atoms with Crippen LogP contribution in [0.3, 0.4) is 0 Å². The molecule has 6 aromatic heterocycles. The van der Waals surface area contributed by atoms with Gasteiger partial charge in [0.05, 0.1) is 52.0 Å². The first-order chi connectivity index (χ1) is 34.2. The Hall–Kier alpha value is -6.18. The molecule has 0 saturated heterocycles. The molecule has 33 heteroatoms. The van der Waals surface area contributed by atoms with Crippen LogP contribution in [-0.2, 0) is 42.3 Å². The fourth-order valence-corrected chi connectivity index (χ4v) is 10.0. The van der Waals surface area contributed by atoms with Gasteiger partial charge in [-0.1, -0.05) is 19.0 Å². The second-order valence-electron chi connectivity index (χ2n) is 18.2. The number of carbonyl (C=O) groups is 1. The van der Waals surface area contributed by atoms with Gasteiger partial charge in [-0.05, 0) is 72.7 Å². The number of amides is 1. The summed E-state index contributed by atoms with van der Waals surface area (Å²) in [7, 11) is 14.8. The van der Waals surface area contributed by atoms with Crippen molar-refractivity contribution in [3.8, 4) is 0 Å². The molecule has 2 aliphatic heterocycles. The van der Waals surface area contributed by atoms with Gasteiger partial charge in [0.25, 0.3) is 0 Å². The normalized spacial score (nSPS) is 18.2. The Morgan fingerprint density at radius 2 is 1.26 bits per heavy atom. The molecule has 0 unspecified atom stereocenters. The fourth-order valence-electron chi connectivity index (χ4n) is 6.91. The molecule has 0 spiro atoms. The molecule has 8 heterocycles. The van der Waals surface area contributed by atoms with Gasteiger partial charge >= 0.3 is 6.09 Å². The van der Waals surface area contributed by atoms with Crippen molar-refractivity contribution in [3.05, 3.63) is 112 Å². The third kappa shape index (κ3) is 16.2. The van der Waals surface area contributed by atoms with Gasteiger partial charge in [-0.2, -0.15) is 0 Å². The second kappa shape index (κ2) is 25.3. The number of nitrogens with two attached hydrogens (primary N) is 2. The van der Waals surface area contributed by atoms with Gasteiger partial charge in [-0.15, -0.1) is 12.4 Å². The maximum absolute atomic E-state index is 14.7. The summed E-state index contributed by atoms with van der Waals surface area (Å²) in [4.78, 5) is 53.8. The highest BCUT2D eigenvalue weighted by atomic mass is 35.5. The number of nitrogens with zero attached hydrogens (tertiary/aromatic N) is 12. The molecule has 5 N–H and O–H groups in total. The summed E-state index contributed by atoms with van der Waals surface area (Å²) in [6.07, 6.45) is 6.75. The lowest BCUT2D eigenvalue weighted by Gasteiger charge is -2.36. The number of guanidine groups is 2. The quantitative estimate of drug-likeness (QED) is 0.165. The van der Waals surface area contributed by atoms with Crippen LogP contribution in [0.2, 0.25) is 5.15 Å². The number of rotatable bonds is 5. The number of nitrogen functional groups attached to an aromatic ring is 1. The molecule has 0 aromatic carbocycles. The molecular formula is C43H53B6Cl2F2N15O6S2. The van der Waals surface area contributed by atoms with Crippen LogP contribution in [0.5, 0.6) is 0 Å². The van der Waals surface area contributed by atoms with Gasteiger partial charge in [0.2, 0.25) is 32.0 Å². The van der Waals surface area contributed by atoms with Crippen LogP contribution in [0.1, 0.15) is 75.9 Å². The number of fused-ring (bicyclic) bond motifs is 2. The van der Waals surface area contributed by atoms with Crippen LogP contribution in [-0.4, -0.2) is 158 Å². The predicted molar refractivity (Wildman–Crippen MR) is 299 cm³/mol. The molecule has 21 nitrogen and oxygen atoms in total. The van der Waals surface area contributed by atoms with Crippen molar-refractivity contribution in [2.45, 2.75) is 79.0 Å². The number of aryl methyl sites for hydroxylation is 2. The summed E-state index contributed by atoms with van der Waals surface area (Å²) < 4.78 is 85.7. The third-order valence-electron chi connectivity index (χ3n) is 10.6. The zero-order chi connectivity index (χ0) is 55.3. The summed E-state index contributed by atoms with van der Waals surface area (Å²) in [6.45, 7) is 11.7. The Labute approximate surface area is 458 Å². The monoisotopic (exact) mass is 1110 g/mol. The number of ether oxygens (including phenoxy) is 1. The largest absolute Gasteiger partial charge is 0.444 e. The van der Waals surface area contributed by atoms with Crippen LogP contribution in [0.4, 0.5) is 19.4 Å². The van der Waals surface area contributed by atoms with Crippen molar-refractivity contribution in [3.63, 3.8) is 0 Å². The van der Waals surface area contributed by atoms with E-state index in [1.54, 1.807) is 57.7 Å². The van der Waals surface area contributed by atoms with Crippen LogP contribution in [0, 0.1) is 25.5 Å². The lowest BCUT2D eigenvalue weighted by atomic mass is 8.81. The zero-order valence-corrected chi connectivity index (χ0v) is 45.4. The van der Waals surface area contributed by atoms with Gasteiger partial charge in [-0.3, -0.25) is 20.3 Å². The minimum Gasteiger partial charge on any atom is -0.444 e. The smallest absolute Gasteiger partial charge is 0.414 e. The number of carbonyl (C=O) groups excluding carboxylic acids is 1. The number of nitrogens with one attached hydrogen (secondary N) is 1. The minimum atomic E-state index is -3.88. The molecular weight excluding hydrogens is 1060 g/mol. The van der Waals surface area contributed by atoms with Crippen molar-refractivity contribution in [1.82, 2.24) is 53.8 Å². The molecule has 0 fully saturated rings. The molecule has 8 radical (unpaired) electrons. The number of hydrogen-bond donors (Lipinski definition) is 3. The molecule has 2 aliphatic rings. The number of anilines is 1. The maximum Gasteiger partial charge on any atom is 0.414 e.